The van der Waals surface area contributed by atoms with E-state index in [2.05, 4.69) is 46.4 Å². The number of hydrogen-bond acceptors (Lipinski definition) is 6. The van der Waals surface area contributed by atoms with Gasteiger partial charge in [0.25, 0.3) is 0 Å². The van der Waals surface area contributed by atoms with Gasteiger partial charge in [-0.1, -0.05) is 37.3 Å². The molecule has 0 aliphatic carbocycles. The molecular formula is C19H26N6O. The van der Waals surface area contributed by atoms with E-state index in [1.165, 1.54) is 0 Å². The van der Waals surface area contributed by atoms with E-state index in [1.807, 2.05) is 34.7 Å². The molecule has 0 aliphatic heterocycles. The Balaban J connectivity index is 1.97. The molecule has 0 saturated heterocycles. The van der Waals surface area contributed by atoms with Gasteiger partial charge < -0.3 is 9.67 Å². The maximum Gasteiger partial charge on any atom is 0.174 e. The first-order valence-corrected chi connectivity index (χ1v) is 9.00. The predicted molar refractivity (Wildman–Crippen MR) is 103 cm³/mol. The lowest BCUT2D eigenvalue weighted by molar-refractivity contribution is 0.247. The summed E-state index contributed by atoms with van der Waals surface area (Å²) >= 11 is 0. The van der Waals surface area contributed by atoms with Crippen LogP contribution in [0, 0.1) is 0 Å². The molecule has 0 saturated carbocycles. The first kappa shape index (κ1) is 18.3. The fourth-order valence-corrected chi connectivity index (χ4v) is 2.94. The van der Waals surface area contributed by atoms with Crippen molar-refractivity contribution in [3.05, 3.63) is 48.5 Å². The number of nitrogens with zero attached hydrogens (tertiary/aromatic N) is 5. The number of hydrazine groups is 1. The Morgan fingerprint density at radius 1 is 1.15 bits per heavy atom. The number of benzene rings is 1. The van der Waals surface area contributed by atoms with Gasteiger partial charge in [-0.2, -0.15) is 0 Å². The molecule has 0 aliphatic rings. The number of aliphatic hydroxyl groups excluding tert-OH is 1. The summed E-state index contributed by atoms with van der Waals surface area (Å²) in [5.41, 5.74) is 6.10. The predicted octanol–water partition coefficient (Wildman–Crippen LogP) is 2.69. The quantitative estimate of drug-likeness (QED) is 0.606. The topological polar surface area (TPSA) is 79.1 Å². The van der Waals surface area contributed by atoms with Crippen molar-refractivity contribution in [2.24, 2.45) is 0 Å². The van der Waals surface area contributed by atoms with Gasteiger partial charge in [0.15, 0.2) is 17.0 Å². The monoisotopic (exact) mass is 354 g/mol. The molecule has 1 aromatic carbocycles. The van der Waals surface area contributed by atoms with Crippen molar-refractivity contribution in [1.82, 2.24) is 24.9 Å². The smallest absolute Gasteiger partial charge is 0.174 e. The number of fused-ring (bicyclic) bond motifs is 1. The molecule has 26 heavy (non-hydrogen) atoms. The van der Waals surface area contributed by atoms with Gasteiger partial charge >= 0.3 is 0 Å². The summed E-state index contributed by atoms with van der Waals surface area (Å²) in [6.07, 6.45) is 4.12. The standard InChI is InChI=1S/C19H26N6O/c1-4-16(11-26)25(23-10-15-8-6-5-7-9-15)19-17-18(20-12-21-19)24(13-22-17)14(2)3/h5-9,12-14,16,23,26H,4,10-11H2,1-3H3. The molecule has 2 aromatic heterocycles. The van der Waals surface area contributed by atoms with Crippen LogP contribution in [0.3, 0.4) is 0 Å². The van der Waals surface area contributed by atoms with Crippen molar-refractivity contribution in [3.8, 4) is 0 Å². The van der Waals surface area contributed by atoms with Gasteiger partial charge in [0, 0.05) is 12.6 Å². The second kappa shape index (κ2) is 8.25. The first-order valence-electron chi connectivity index (χ1n) is 9.00. The number of rotatable bonds is 8. The molecular weight excluding hydrogens is 328 g/mol. The Kier molecular flexibility index (Phi) is 5.80. The van der Waals surface area contributed by atoms with Gasteiger partial charge in [0.05, 0.1) is 19.0 Å². The Labute approximate surface area is 153 Å². The molecule has 7 nitrogen and oxygen atoms in total. The zero-order valence-electron chi connectivity index (χ0n) is 15.5. The summed E-state index contributed by atoms with van der Waals surface area (Å²) in [4.78, 5) is 13.4. The largest absolute Gasteiger partial charge is 0.394 e. The Hall–Kier alpha value is -2.51. The van der Waals surface area contributed by atoms with Gasteiger partial charge in [-0.05, 0) is 25.8 Å². The molecule has 3 rings (SSSR count). The van der Waals surface area contributed by atoms with Crippen LogP contribution in [-0.2, 0) is 6.54 Å². The molecule has 0 spiro atoms. The van der Waals surface area contributed by atoms with Crippen LogP contribution in [0.15, 0.2) is 43.0 Å². The molecule has 138 valence electrons. The maximum absolute atomic E-state index is 9.87. The van der Waals surface area contributed by atoms with E-state index in [-0.39, 0.29) is 18.7 Å². The van der Waals surface area contributed by atoms with Crippen molar-refractivity contribution in [3.63, 3.8) is 0 Å². The van der Waals surface area contributed by atoms with Crippen molar-refractivity contribution < 1.29 is 5.11 Å². The van der Waals surface area contributed by atoms with Crippen molar-refractivity contribution in [2.45, 2.75) is 45.8 Å². The average molecular weight is 354 g/mol. The number of aliphatic hydroxyl groups is 1. The van der Waals surface area contributed by atoms with Crippen molar-refractivity contribution in [2.75, 3.05) is 11.6 Å². The van der Waals surface area contributed by atoms with E-state index in [9.17, 15) is 5.11 Å². The van der Waals surface area contributed by atoms with Crippen LogP contribution < -0.4 is 10.4 Å². The van der Waals surface area contributed by atoms with Crippen LogP contribution >= 0.6 is 0 Å². The van der Waals surface area contributed by atoms with Crippen LogP contribution in [0.2, 0.25) is 0 Å². The van der Waals surface area contributed by atoms with Crippen molar-refractivity contribution >= 4 is 17.0 Å². The Bertz CT molecular complexity index is 828. The second-order valence-corrected chi connectivity index (χ2v) is 6.55. The molecule has 7 heteroatoms. The molecule has 2 heterocycles. The minimum Gasteiger partial charge on any atom is -0.394 e. The summed E-state index contributed by atoms with van der Waals surface area (Å²) < 4.78 is 2.02. The Morgan fingerprint density at radius 3 is 2.58 bits per heavy atom. The van der Waals surface area contributed by atoms with Gasteiger partial charge in [-0.15, -0.1) is 0 Å². The number of aromatic nitrogens is 4. The van der Waals surface area contributed by atoms with E-state index in [4.69, 9.17) is 0 Å². The lowest BCUT2D eigenvalue weighted by Crippen LogP contribution is -2.47. The lowest BCUT2D eigenvalue weighted by atomic mass is 10.2. The highest BCUT2D eigenvalue weighted by molar-refractivity contribution is 5.83. The SMILES string of the molecule is CCC(CO)N(NCc1ccccc1)c1ncnc2c1ncn2C(C)C. The highest BCUT2D eigenvalue weighted by atomic mass is 16.3. The molecule has 1 atom stereocenters. The number of imidazole rings is 1. The van der Waals surface area contributed by atoms with Crippen LogP contribution in [-0.4, -0.2) is 37.3 Å². The summed E-state index contributed by atoms with van der Waals surface area (Å²) in [6.45, 7) is 6.89. The normalized spacial score (nSPS) is 12.7. The number of hydrogen-bond donors (Lipinski definition) is 2. The molecule has 2 N–H and O–H groups in total. The summed E-state index contributed by atoms with van der Waals surface area (Å²) in [6, 6.07) is 10.3. The molecule has 1 unspecified atom stereocenters. The summed E-state index contributed by atoms with van der Waals surface area (Å²) in [7, 11) is 0. The van der Waals surface area contributed by atoms with Crippen LogP contribution in [0.1, 0.15) is 38.8 Å². The average Bonchev–Trinajstić information content (AvgIpc) is 3.10. The second-order valence-electron chi connectivity index (χ2n) is 6.55. The maximum atomic E-state index is 9.87. The fourth-order valence-electron chi connectivity index (χ4n) is 2.94. The molecule has 0 fully saturated rings. The highest BCUT2D eigenvalue weighted by Crippen LogP contribution is 2.24. The Morgan fingerprint density at radius 2 is 1.92 bits per heavy atom. The third-order valence-electron chi connectivity index (χ3n) is 4.47. The summed E-state index contributed by atoms with van der Waals surface area (Å²) in [5, 5.41) is 11.8. The summed E-state index contributed by atoms with van der Waals surface area (Å²) in [5.74, 6) is 0.686. The van der Waals surface area contributed by atoms with Gasteiger partial charge in [-0.3, -0.25) is 5.01 Å². The molecule has 0 amide bonds. The third-order valence-corrected chi connectivity index (χ3v) is 4.47. The highest BCUT2D eigenvalue weighted by Gasteiger charge is 2.22. The van der Waals surface area contributed by atoms with Crippen molar-refractivity contribution in [1.29, 1.82) is 0 Å². The van der Waals surface area contributed by atoms with Crippen LogP contribution in [0.25, 0.3) is 11.2 Å². The number of anilines is 1. The molecule has 3 aromatic rings. The van der Waals surface area contributed by atoms with Gasteiger partial charge in [-0.25, -0.2) is 20.4 Å². The fraction of sp³-hybridized carbons (Fsp3) is 0.421. The van der Waals surface area contributed by atoms with Gasteiger partial charge in [0.1, 0.15) is 6.33 Å². The van der Waals surface area contributed by atoms with E-state index >= 15 is 0 Å². The minimum absolute atomic E-state index is 0.0225. The van der Waals surface area contributed by atoms with Crippen LogP contribution in [0.5, 0.6) is 0 Å². The van der Waals surface area contributed by atoms with Crippen LogP contribution in [0.4, 0.5) is 5.82 Å². The van der Waals surface area contributed by atoms with E-state index in [0.717, 1.165) is 23.1 Å². The van der Waals surface area contributed by atoms with E-state index in [0.29, 0.717) is 12.4 Å². The zero-order chi connectivity index (χ0) is 18.5. The molecule has 0 bridgehead atoms. The molecule has 0 radical (unpaired) electrons. The number of nitrogens with one attached hydrogen (secondary N) is 1. The third kappa shape index (κ3) is 3.68. The zero-order valence-corrected chi connectivity index (χ0v) is 15.5. The van der Waals surface area contributed by atoms with E-state index in [1.54, 1.807) is 12.7 Å². The first-order chi connectivity index (χ1) is 12.7. The van der Waals surface area contributed by atoms with E-state index < -0.39 is 0 Å². The lowest BCUT2D eigenvalue weighted by Gasteiger charge is -2.31. The minimum atomic E-state index is -0.110. The van der Waals surface area contributed by atoms with Gasteiger partial charge in [0.2, 0.25) is 0 Å².